The molecule has 0 unspecified atom stereocenters. The third kappa shape index (κ3) is 2.53. The molecule has 0 aromatic heterocycles. The van der Waals surface area contributed by atoms with Gasteiger partial charge in [0.25, 0.3) is 0 Å². The van der Waals surface area contributed by atoms with E-state index in [9.17, 15) is 9.90 Å². The number of carbonyl (C=O) groups is 1. The van der Waals surface area contributed by atoms with E-state index < -0.39 is 5.60 Å². The number of methoxy groups -OCH3 is 1. The van der Waals surface area contributed by atoms with Gasteiger partial charge in [-0.25, -0.2) is 0 Å². The van der Waals surface area contributed by atoms with E-state index in [1.54, 1.807) is 6.07 Å². The van der Waals surface area contributed by atoms with Crippen LogP contribution in [0.15, 0.2) is 29.8 Å². The summed E-state index contributed by atoms with van der Waals surface area (Å²) in [5.74, 6) is 0.755. The average Bonchev–Trinajstić information content (AvgIpc) is 2.61. The number of hydrogen-bond donors (Lipinski definition) is 1. The lowest BCUT2D eigenvalue weighted by atomic mass is 9.46. The lowest BCUT2D eigenvalue weighted by Crippen LogP contribution is -2.76. The van der Waals surface area contributed by atoms with Crippen LogP contribution in [0.4, 0.5) is 0 Å². The number of carbonyl (C=O) groups excluding carboxylic acids is 1. The SMILES string of the molecule is CO[C@@]12[C@H](C)CC(=O)C[C@@]13CCN(CC=C(C)C)[C@@H]2Cc1ccc(O)cc13. The maximum Gasteiger partial charge on any atom is 0.134 e. The predicted molar refractivity (Wildman–Crippen MR) is 106 cm³/mol. The van der Waals surface area contributed by atoms with E-state index in [1.165, 1.54) is 11.1 Å². The van der Waals surface area contributed by atoms with Crippen molar-refractivity contribution in [2.75, 3.05) is 20.2 Å². The Morgan fingerprint density at radius 3 is 2.85 bits per heavy atom. The Kier molecular flexibility index (Phi) is 4.47. The van der Waals surface area contributed by atoms with E-state index in [-0.39, 0.29) is 23.1 Å². The van der Waals surface area contributed by atoms with Gasteiger partial charge in [0.05, 0.1) is 5.60 Å². The minimum atomic E-state index is -0.393. The van der Waals surface area contributed by atoms with E-state index in [4.69, 9.17) is 4.74 Å². The Hall–Kier alpha value is -1.65. The fourth-order valence-corrected chi connectivity index (χ4v) is 6.37. The van der Waals surface area contributed by atoms with E-state index in [0.717, 1.165) is 31.5 Å². The van der Waals surface area contributed by atoms with E-state index in [0.29, 0.717) is 18.6 Å². The molecule has 4 nitrogen and oxygen atoms in total. The standard InChI is InChI=1S/C23H31NO3/c1-15(2)7-9-24-10-8-22-14-19(26)11-16(3)23(22,27-4)21(24)12-17-5-6-18(25)13-20(17)22/h5-7,13,16,21,25H,8-12,14H2,1-4H3/t16-,21-,22-,23-/m1/s1. The van der Waals surface area contributed by atoms with Crippen molar-refractivity contribution in [3.63, 3.8) is 0 Å². The molecule has 0 amide bonds. The number of phenolic OH excluding ortho intramolecular Hbond substituents is 1. The van der Waals surface area contributed by atoms with Crippen LogP contribution in [0.5, 0.6) is 5.75 Å². The number of phenols is 1. The summed E-state index contributed by atoms with van der Waals surface area (Å²) in [6, 6.07) is 5.97. The fourth-order valence-electron chi connectivity index (χ4n) is 6.37. The van der Waals surface area contributed by atoms with Gasteiger partial charge in [0.15, 0.2) is 0 Å². The van der Waals surface area contributed by atoms with Gasteiger partial charge in [0.1, 0.15) is 11.5 Å². The van der Waals surface area contributed by atoms with Crippen LogP contribution >= 0.6 is 0 Å². The minimum absolute atomic E-state index is 0.152. The molecule has 1 saturated heterocycles. The number of allylic oxidation sites excluding steroid dienone is 1. The quantitative estimate of drug-likeness (QED) is 0.827. The number of ketones is 1. The van der Waals surface area contributed by atoms with Crippen LogP contribution in [0.3, 0.4) is 0 Å². The summed E-state index contributed by atoms with van der Waals surface area (Å²) < 4.78 is 6.44. The number of likely N-dealkylation sites (tertiary alicyclic amines) is 1. The molecule has 3 aliphatic rings. The predicted octanol–water partition coefficient (Wildman–Crippen LogP) is 3.61. The van der Waals surface area contributed by atoms with Crippen molar-refractivity contribution in [2.45, 2.75) is 63.5 Å². The molecule has 2 aliphatic carbocycles. The average molecular weight is 370 g/mol. The molecule has 1 saturated carbocycles. The molecule has 2 bridgehead atoms. The van der Waals surface area contributed by atoms with E-state index >= 15 is 0 Å². The molecule has 146 valence electrons. The Balaban J connectivity index is 1.91. The molecule has 4 rings (SSSR count). The molecular formula is C23H31NO3. The smallest absolute Gasteiger partial charge is 0.134 e. The maximum atomic E-state index is 12.7. The van der Waals surface area contributed by atoms with Crippen LogP contribution in [0.25, 0.3) is 0 Å². The first-order valence-electron chi connectivity index (χ1n) is 10.1. The monoisotopic (exact) mass is 369 g/mol. The zero-order chi connectivity index (χ0) is 19.4. The Bertz CT molecular complexity index is 797. The number of Topliss-reactive ketones (excluding diaryl/α,β-unsaturated/α-hetero) is 1. The molecule has 4 heteroatoms. The molecule has 2 fully saturated rings. The number of benzene rings is 1. The van der Waals surface area contributed by atoms with Crippen molar-refractivity contribution >= 4 is 5.78 Å². The topological polar surface area (TPSA) is 49.8 Å². The number of aromatic hydroxyl groups is 1. The van der Waals surface area contributed by atoms with Gasteiger partial charge in [0.2, 0.25) is 0 Å². The summed E-state index contributed by atoms with van der Waals surface area (Å²) in [6.45, 7) is 8.33. The van der Waals surface area contributed by atoms with Crippen LogP contribution in [-0.4, -0.2) is 47.6 Å². The normalized spacial score (nSPS) is 35.3. The van der Waals surface area contributed by atoms with Crippen molar-refractivity contribution in [3.8, 4) is 5.75 Å². The highest BCUT2D eigenvalue weighted by Gasteiger charge is 2.68. The van der Waals surface area contributed by atoms with Crippen molar-refractivity contribution in [1.29, 1.82) is 0 Å². The van der Waals surface area contributed by atoms with Crippen molar-refractivity contribution in [3.05, 3.63) is 41.0 Å². The Morgan fingerprint density at radius 1 is 1.37 bits per heavy atom. The molecule has 4 atom stereocenters. The summed E-state index contributed by atoms with van der Waals surface area (Å²) in [7, 11) is 1.83. The Morgan fingerprint density at radius 2 is 2.15 bits per heavy atom. The molecule has 0 radical (unpaired) electrons. The van der Waals surface area contributed by atoms with Crippen molar-refractivity contribution in [1.82, 2.24) is 4.90 Å². The number of fused-ring (bicyclic) bond motifs is 1. The minimum Gasteiger partial charge on any atom is -0.508 e. The van der Waals surface area contributed by atoms with Gasteiger partial charge >= 0.3 is 0 Å². The molecule has 1 N–H and O–H groups in total. The molecule has 1 aromatic carbocycles. The zero-order valence-electron chi connectivity index (χ0n) is 16.9. The summed E-state index contributed by atoms with van der Waals surface area (Å²) >= 11 is 0. The van der Waals surface area contributed by atoms with Gasteiger partial charge in [-0.2, -0.15) is 0 Å². The fraction of sp³-hybridized carbons (Fsp3) is 0.609. The molecular weight excluding hydrogens is 338 g/mol. The van der Waals surface area contributed by atoms with Crippen LogP contribution in [-0.2, 0) is 21.4 Å². The first-order valence-corrected chi connectivity index (χ1v) is 10.1. The summed E-state index contributed by atoms with van der Waals surface area (Å²) in [5.41, 5.74) is 2.99. The highest BCUT2D eigenvalue weighted by atomic mass is 16.5. The van der Waals surface area contributed by atoms with Crippen LogP contribution in [0.2, 0.25) is 0 Å². The van der Waals surface area contributed by atoms with Crippen molar-refractivity contribution in [2.24, 2.45) is 5.92 Å². The van der Waals surface area contributed by atoms with Gasteiger partial charge in [-0.05, 0) is 62.4 Å². The first-order chi connectivity index (χ1) is 12.8. The summed E-state index contributed by atoms with van der Waals surface area (Å²) in [5, 5.41) is 10.2. The highest BCUT2D eigenvalue weighted by molar-refractivity contribution is 5.83. The summed E-state index contributed by atoms with van der Waals surface area (Å²) in [4.78, 5) is 15.3. The van der Waals surface area contributed by atoms with Gasteiger partial charge in [0, 0.05) is 38.0 Å². The van der Waals surface area contributed by atoms with Gasteiger partial charge < -0.3 is 9.84 Å². The van der Waals surface area contributed by atoms with Crippen LogP contribution in [0, 0.1) is 5.92 Å². The number of nitrogens with zero attached hydrogens (tertiary/aromatic N) is 1. The van der Waals surface area contributed by atoms with Gasteiger partial charge in [-0.3, -0.25) is 9.69 Å². The van der Waals surface area contributed by atoms with Gasteiger partial charge in [-0.15, -0.1) is 0 Å². The second-order valence-corrected chi connectivity index (χ2v) is 8.99. The highest BCUT2D eigenvalue weighted by Crippen LogP contribution is 2.61. The third-order valence-electron chi connectivity index (χ3n) is 7.37. The van der Waals surface area contributed by atoms with E-state index in [2.05, 4.69) is 31.7 Å². The largest absolute Gasteiger partial charge is 0.508 e. The van der Waals surface area contributed by atoms with Crippen LogP contribution in [0.1, 0.15) is 51.2 Å². The maximum absolute atomic E-state index is 12.7. The molecule has 0 spiro atoms. The number of rotatable bonds is 3. The lowest BCUT2D eigenvalue weighted by molar-refractivity contribution is -0.208. The second-order valence-electron chi connectivity index (χ2n) is 8.99. The lowest BCUT2D eigenvalue weighted by Gasteiger charge is -2.67. The van der Waals surface area contributed by atoms with Gasteiger partial charge in [-0.1, -0.05) is 24.6 Å². The van der Waals surface area contributed by atoms with Crippen LogP contribution < -0.4 is 0 Å². The third-order valence-corrected chi connectivity index (χ3v) is 7.37. The van der Waals surface area contributed by atoms with E-state index in [1.807, 2.05) is 19.2 Å². The number of ether oxygens (including phenoxy) is 1. The molecule has 1 aliphatic heterocycles. The Labute approximate surface area is 162 Å². The summed E-state index contributed by atoms with van der Waals surface area (Å²) in [6.07, 6.45) is 5.19. The first kappa shape index (κ1) is 18.7. The zero-order valence-corrected chi connectivity index (χ0v) is 16.9. The van der Waals surface area contributed by atoms with Crippen molar-refractivity contribution < 1.29 is 14.6 Å². The number of piperidine rings is 1. The molecule has 27 heavy (non-hydrogen) atoms. The second kappa shape index (κ2) is 6.46. The molecule has 1 heterocycles. The number of hydrogen-bond acceptors (Lipinski definition) is 4. The molecule has 1 aromatic rings.